The zero-order valence-electron chi connectivity index (χ0n) is 9.16. The molecule has 4 heteroatoms. The van der Waals surface area contributed by atoms with Gasteiger partial charge < -0.3 is 5.73 Å². The van der Waals surface area contributed by atoms with E-state index in [9.17, 15) is 4.39 Å². The van der Waals surface area contributed by atoms with Crippen LogP contribution in [0.2, 0.25) is 5.02 Å². The zero-order chi connectivity index (χ0) is 12.3. The average Bonchev–Trinajstić information content (AvgIpc) is 2.28. The first kappa shape index (κ1) is 11.9. The van der Waals surface area contributed by atoms with Crippen molar-refractivity contribution in [1.82, 2.24) is 4.98 Å². The summed E-state index contributed by atoms with van der Waals surface area (Å²) in [5, 5.41) is 0.465. The zero-order valence-corrected chi connectivity index (χ0v) is 9.91. The van der Waals surface area contributed by atoms with E-state index in [4.69, 9.17) is 17.3 Å². The second-order valence-electron chi connectivity index (χ2n) is 3.82. The number of hydrogen-bond acceptors (Lipinski definition) is 2. The van der Waals surface area contributed by atoms with E-state index in [-0.39, 0.29) is 5.82 Å². The molecule has 2 N–H and O–H groups in total. The van der Waals surface area contributed by atoms with Crippen LogP contribution in [0.25, 0.3) is 0 Å². The second-order valence-corrected chi connectivity index (χ2v) is 4.23. The molecule has 0 atom stereocenters. The summed E-state index contributed by atoms with van der Waals surface area (Å²) in [7, 11) is 0. The number of aryl methyl sites for hydroxylation is 2. The van der Waals surface area contributed by atoms with E-state index in [0.29, 0.717) is 10.8 Å². The Morgan fingerprint density at radius 2 is 2.00 bits per heavy atom. The highest BCUT2D eigenvalue weighted by Gasteiger charge is 2.03. The van der Waals surface area contributed by atoms with Crippen LogP contribution in [-0.2, 0) is 12.8 Å². The van der Waals surface area contributed by atoms with Gasteiger partial charge in [-0.05, 0) is 48.2 Å². The number of anilines is 1. The van der Waals surface area contributed by atoms with E-state index in [1.54, 1.807) is 12.3 Å². The molecule has 2 aromatic rings. The molecular weight excluding hydrogens is 239 g/mol. The van der Waals surface area contributed by atoms with Crippen LogP contribution in [-0.4, -0.2) is 4.98 Å². The number of nitrogens with zero attached hydrogens (tertiary/aromatic N) is 1. The van der Waals surface area contributed by atoms with Crippen LogP contribution in [0.4, 0.5) is 10.2 Å². The van der Waals surface area contributed by atoms with E-state index in [1.807, 2.05) is 12.1 Å². The summed E-state index contributed by atoms with van der Waals surface area (Å²) in [6.07, 6.45) is 3.23. The summed E-state index contributed by atoms with van der Waals surface area (Å²) in [4.78, 5) is 3.93. The Hall–Kier alpha value is -1.61. The highest BCUT2D eigenvalue weighted by Crippen LogP contribution is 2.19. The van der Waals surface area contributed by atoms with Gasteiger partial charge in [0.25, 0.3) is 0 Å². The predicted octanol–water partition coefficient (Wildman–Crippen LogP) is 3.24. The predicted molar refractivity (Wildman–Crippen MR) is 67.5 cm³/mol. The Morgan fingerprint density at radius 3 is 2.71 bits per heavy atom. The van der Waals surface area contributed by atoms with Crippen molar-refractivity contribution in [3.8, 4) is 0 Å². The maximum absolute atomic E-state index is 12.9. The first-order chi connectivity index (χ1) is 8.15. The standard InChI is InChI=1S/C13H12ClFN2/c14-12-8-11(15)4-3-10(12)2-1-9-5-6-17-13(16)7-9/h3-8H,1-2H2,(H2,16,17). The molecule has 0 saturated carbocycles. The number of nitrogen functional groups attached to an aromatic ring is 1. The minimum Gasteiger partial charge on any atom is -0.384 e. The van der Waals surface area contributed by atoms with Crippen LogP contribution in [0.15, 0.2) is 36.5 Å². The molecule has 1 aromatic carbocycles. The summed E-state index contributed by atoms with van der Waals surface area (Å²) in [5.74, 6) is 0.194. The van der Waals surface area contributed by atoms with Gasteiger partial charge in [0.05, 0.1) is 0 Å². The van der Waals surface area contributed by atoms with Crippen LogP contribution < -0.4 is 5.73 Å². The molecule has 88 valence electrons. The van der Waals surface area contributed by atoms with Crippen molar-refractivity contribution >= 4 is 17.4 Å². The number of benzene rings is 1. The summed E-state index contributed by atoms with van der Waals surface area (Å²) in [6, 6.07) is 8.20. The molecule has 0 unspecified atom stereocenters. The molecule has 2 rings (SSSR count). The monoisotopic (exact) mass is 250 g/mol. The third-order valence-electron chi connectivity index (χ3n) is 2.54. The lowest BCUT2D eigenvalue weighted by Gasteiger charge is -2.05. The third kappa shape index (κ3) is 3.17. The first-order valence-corrected chi connectivity index (χ1v) is 5.67. The van der Waals surface area contributed by atoms with Crippen LogP contribution in [0, 0.1) is 5.82 Å². The SMILES string of the molecule is Nc1cc(CCc2ccc(F)cc2Cl)ccn1. The summed E-state index contributed by atoms with van der Waals surface area (Å²) in [5.41, 5.74) is 7.62. The Morgan fingerprint density at radius 1 is 1.18 bits per heavy atom. The molecule has 0 fully saturated rings. The van der Waals surface area contributed by atoms with Gasteiger partial charge in [-0.3, -0.25) is 0 Å². The van der Waals surface area contributed by atoms with Gasteiger partial charge in [0, 0.05) is 11.2 Å². The highest BCUT2D eigenvalue weighted by molar-refractivity contribution is 6.31. The molecule has 0 radical (unpaired) electrons. The fourth-order valence-corrected chi connectivity index (χ4v) is 1.92. The fourth-order valence-electron chi connectivity index (χ4n) is 1.65. The molecule has 0 aliphatic heterocycles. The van der Waals surface area contributed by atoms with E-state index in [1.165, 1.54) is 12.1 Å². The van der Waals surface area contributed by atoms with Crippen LogP contribution in [0.3, 0.4) is 0 Å². The van der Waals surface area contributed by atoms with Gasteiger partial charge in [-0.25, -0.2) is 9.37 Å². The highest BCUT2D eigenvalue weighted by atomic mass is 35.5. The average molecular weight is 251 g/mol. The molecule has 0 aliphatic carbocycles. The van der Waals surface area contributed by atoms with Gasteiger partial charge in [0.15, 0.2) is 0 Å². The van der Waals surface area contributed by atoms with Crippen LogP contribution >= 0.6 is 11.6 Å². The minimum absolute atomic E-state index is 0.313. The Bertz CT molecular complexity index is 529. The molecule has 0 saturated heterocycles. The smallest absolute Gasteiger partial charge is 0.124 e. The van der Waals surface area contributed by atoms with E-state index < -0.39 is 0 Å². The summed E-state index contributed by atoms with van der Waals surface area (Å²) >= 11 is 5.95. The largest absolute Gasteiger partial charge is 0.384 e. The number of pyridine rings is 1. The van der Waals surface area contributed by atoms with Crippen molar-refractivity contribution in [2.24, 2.45) is 0 Å². The van der Waals surface area contributed by atoms with Gasteiger partial charge >= 0.3 is 0 Å². The van der Waals surface area contributed by atoms with E-state index in [2.05, 4.69) is 4.98 Å². The molecule has 17 heavy (non-hydrogen) atoms. The summed E-state index contributed by atoms with van der Waals surface area (Å²) < 4.78 is 12.9. The van der Waals surface area contributed by atoms with Gasteiger partial charge in [-0.1, -0.05) is 17.7 Å². The van der Waals surface area contributed by atoms with Crippen molar-refractivity contribution in [1.29, 1.82) is 0 Å². The maximum atomic E-state index is 12.9. The lowest BCUT2D eigenvalue weighted by atomic mass is 10.1. The Kier molecular flexibility index (Phi) is 3.59. The summed E-state index contributed by atoms with van der Waals surface area (Å²) in [6.45, 7) is 0. The number of hydrogen-bond donors (Lipinski definition) is 1. The quantitative estimate of drug-likeness (QED) is 0.908. The molecule has 1 aromatic heterocycles. The Balaban J connectivity index is 2.07. The van der Waals surface area contributed by atoms with Crippen LogP contribution in [0.5, 0.6) is 0 Å². The van der Waals surface area contributed by atoms with Crippen molar-refractivity contribution < 1.29 is 4.39 Å². The fraction of sp³-hybridized carbons (Fsp3) is 0.154. The van der Waals surface area contributed by atoms with Crippen LogP contribution in [0.1, 0.15) is 11.1 Å². The first-order valence-electron chi connectivity index (χ1n) is 5.29. The molecular formula is C13H12ClFN2. The molecule has 1 heterocycles. The molecule has 0 aliphatic rings. The van der Waals surface area contributed by atoms with Crippen molar-refractivity contribution in [3.05, 3.63) is 58.5 Å². The van der Waals surface area contributed by atoms with Crippen molar-refractivity contribution in [3.63, 3.8) is 0 Å². The molecule has 0 spiro atoms. The van der Waals surface area contributed by atoms with Gasteiger partial charge in [0.1, 0.15) is 11.6 Å². The number of rotatable bonds is 3. The normalized spacial score (nSPS) is 10.5. The molecule has 0 amide bonds. The third-order valence-corrected chi connectivity index (χ3v) is 2.90. The van der Waals surface area contributed by atoms with E-state index >= 15 is 0 Å². The molecule has 0 bridgehead atoms. The van der Waals surface area contributed by atoms with Gasteiger partial charge in [0.2, 0.25) is 0 Å². The van der Waals surface area contributed by atoms with Crippen molar-refractivity contribution in [2.45, 2.75) is 12.8 Å². The Labute approximate surface area is 104 Å². The number of nitrogens with two attached hydrogens (primary N) is 1. The lowest BCUT2D eigenvalue weighted by Crippen LogP contribution is -1.96. The topological polar surface area (TPSA) is 38.9 Å². The van der Waals surface area contributed by atoms with Gasteiger partial charge in [-0.15, -0.1) is 0 Å². The molecule has 2 nitrogen and oxygen atoms in total. The number of halogens is 2. The van der Waals surface area contributed by atoms with Crippen molar-refractivity contribution in [2.75, 3.05) is 5.73 Å². The second kappa shape index (κ2) is 5.15. The van der Waals surface area contributed by atoms with Gasteiger partial charge in [-0.2, -0.15) is 0 Å². The maximum Gasteiger partial charge on any atom is 0.124 e. The lowest BCUT2D eigenvalue weighted by molar-refractivity contribution is 0.627. The number of aromatic nitrogens is 1. The van der Waals surface area contributed by atoms with E-state index in [0.717, 1.165) is 24.0 Å². The minimum atomic E-state index is -0.313.